The van der Waals surface area contributed by atoms with Crippen molar-refractivity contribution in [2.24, 2.45) is 0 Å². The summed E-state index contributed by atoms with van der Waals surface area (Å²) in [6.07, 6.45) is 1.53. The average Bonchev–Trinajstić information content (AvgIpc) is 2.69. The summed E-state index contributed by atoms with van der Waals surface area (Å²) in [5.41, 5.74) is 0.897. The molecule has 1 aliphatic heterocycles. The maximum atomic E-state index is 13.9. The van der Waals surface area contributed by atoms with Crippen LogP contribution in [0.25, 0.3) is 0 Å². The van der Waals surface area contributed by atoms with Crippen LogP contribution in [0, 0.1) is 17.1 Å². The van der Waals surface area contributed by atoms with Crippen molar-refractivity contribution in [3.05, 3.63) is 70.1 Å². The van der Waals surface area contributed by atoms with Gasteiger partial charge in [-0.05, 0) is 30.3 Å². The summed E-state index contributed by atoms with van der Waals surface area (Å²) in [5, 5.41) is 12.7. The number of nitrogens with one attached hydrogen (secondary N) is 1. The predicted molar refractivity (Wildman–Crippen MR) is 109 cm³/mol. The highest BCUT2D eigenvalue weighted by Crippen LogP contribution is 2.26. The molecule has 2 aromatic rings. The highest BCUT2D eigenvalue weighted by atomic mass is 35.5. The Bertz CT molecular complexity index is 949. The van der Waals surface area contributed by atoms with Crippen molar-refractivity contribution < 1.29 is 9.18 Å². The summed E-state index contributed by atoms with van der Waals surface area (Å²) in [6.45, 7) is 2.30. The Balaban J connectivity index is 1.64. The van der Waals surface area contributed by atoms with Crippen molar-refractivity contribution in [2.45, 2.75) is 0 Å². The lowest BCUT2D eigenvalue weighted by molar-refractivity contribution is -0.112. The van der Waals surface area contributed by atoms with Gasteiger partial charge in [-0.3, -0.25) is 4.79 Å². The second kappa shape index (κ2) is 8.96. The Morgan fingerprint density at radius 2 is 1.86 bits per heavy atom. The van der Waals surface area contributed by atoms with Gasteiger partial charge in [0.25, 0.3) is 5.91 Å². The summed E-state index contributed by atoms with van der Waals surface area (Å²) < 4.78 is 13.9. The van der Waals surface area contributed by atoms with E-state index < -0.39 is 5.91 Å². The molecule has 0 saturated carbocycles. The molecule has 3 rings (SSSR count). The molecule has 0 aliphatic carbocycles. The molecular weight excluding hydrogens is 402 g/mol. The standard InChI is InChI=1S/C20H17Cl2FN4O/c21-15-5-6-18(16(22)11-15)25-20(28)14(12-24)13-26-7-9-27(10-8-26)19-4-2-1-3-17(19)23/h1-6,11,13H,7-10H2,(H,25,28)/b14-13-. The minimum atomic E-state index is -0.553. The number of piperazine rings is 1. The number of nitrogens with zero attached hydrogens (tertiary/aromatic N) is 3. The second-order valence-electron chi connectivity index (χ2n) is 6.21. The first-order valence-corrected chi connectivity index (χ1v) is 9.35. The Labute approximate surface area is 172 Å². The summed E-state index contributed by atoms with van der Waals surface area (Å²) >= 11 is 11.9. The van der Waals surface area contributed by atoms with Gasteiger partial charge in [-0.2, -0.15) is 5.26 Å². The van der Waals surface area contributed by atoms with Crippen LogP contribution in [0.2, 0.25) is 10.0 Å². The monoisotopic (exact) mass is 418 g/mol. The molecule has 8 heteroatoms. The van der Waals surface area contributed by atoms with Gasteiger partial charge in [0, 0.05) is 37.4 Å². The number of carbonyl (C=O) groups excluding carboxylic acids is 1. The number of halogens is 3. The molecule has 28 heavy (non-hydrogen) atoms. The topological polar surface area (TPSA) is 59.4 Å². The number of hydrogen-bond acceptors (Lipinski definition) is 4. The smallest absolute Gasteiger partial charge is 0.267 e. The van der Waals surface area contributed by atoms with E-state index >= 15 is 0 Å². The fourth-order valence-electron chi connectivity index (χ4n) is 2.90. The number of rotatable bonds is 4. The van der Waals surface area contributed by atoms with E-state index in [9.17, 15) is 14.4 Å². The molecule has 0 spiro atoms. The number of para-hydroxylation sites is 1. The fourth-order valence-corrected chi connectivity index (χ4v) is 3.36. The minimum absolute atomic E-state index is 0.0367. The third-order valence-corrected chi connectivity index (χ3v) is 4.91. The summed E-state index contributed by atoms with van der Waals surface area (Å²) in [7, 11) is 0. The first-order valence-electron chi connectivity index (χ1n) is 8.60. The molecule has 1 amide bonds. The minimum Gasteiger partial charge on any atom is -0.373 e. The first kappa shape index (κ1) is 20.0. The maximum absolute atomic E-state index is 13.9. The Morgan fingerprint density at radius 3 is 2.50 bits per heavy atom. The van der Waals surface area contributed by atoms with Crippen LogP contribution in [0.3, 0.4) is 0 Å². The van der Waals surface area contributed by atoms with Gasteiger partial charge in [0.05, 0.1) is 16.4 Å². The second-order valence-corrected chi connectivity index (χ2v) is 7.05. The molecule has 2 aromatic carbocycles. The molecule has 144 valence electrons. The quantitative estimate of drug-likeness (QED) is 0.593. The van der Waals surface area contributed by atoms with E-state index in [1.54, 1.807) is 30.3 Å². The van der Waals surface area contributed by atoms with E-state index in [-0.39, 0.29) is 16.4 Å². The van der Waals surface area contributed by atoms with Gasteiger partial charge in [-0.1, -0.05) is 35.3 Å². The van der Waals surface area contributed by atoms with Crippen LogP contribution < -0.4 is 10.2 Å². The van der Waals surface area contributed by atoms with Crippen molar-refractivity contribution in [1.82, 2.24) is 4.90 Å². The molecular formula is C20H17Cl2FN4O. The number of carbonyl (C=O) groups is 1. The average molecular weight is 419 g/mol. The maximum Gasteiger partial charge on any atom is 0.267 e. The number of benzene rings is 2. The lowest BCUT2D eigenvalue weighted by Crippen LogP contribution is -2.44. The third kappa shape index (κ3) is 4.75. The zero-order chi connectivity index (χ0) is 20.1. The van der Waals surface area contributed by atoms with Gasteiger partial charge < -0.3 is 15.1 Å². The summed E-state index contributed by atoms with van der Waals surface area (Å²) in [5.74, 6) is -0.813. The zero-order valence-electron chi connectivity index (χ0n) is 14.8. The zero-order valence-corrected chi connectivity index (χ0v) is 16.3. The van der Waals surface area contributed by atoms with Crippen LogP contribution in [0.15, 0.2) is 54.2 Å². The highest BCUT2D eigenvalue weighted by Gasteiger charge is 2.19. The van der Waals surface area contributed by atoms with E-state index in [4.69, 9.17) is 23.2 Å². The molecule has 0 bridgehead atoms. The van der Waals surface area contributed by atoms with Gasteiger partial charge in [-0.25, -0.2) is 4.39 Å². The highest BCUT2D eigenvalue weighted by molar-refractivity contribution is 6.36. The molecule has 1 heterocycles. The van der Waals surface area contributed by atoms with Gasteiger partial charge >= 0.3 is 0 Å². The lowest BCUT2D eigenvalue weighted by atomic mass is 10.2. The molecule has 5 nitrogen and oxygen atoms in total. The number of hydrogen-bond donors (Lipinski definition) is 1. The molecule has 1 fully saturated rings. The van der Waals surface area contributed by atoms with Crippen LogP contribution in [0.5, 0.6) is 0 Å². The lowest BCUT2D eigenvalue weighted by Gasteiger charge is -2.35. The van der Waals surface area contributed by atoms with Crippen molar-refractivity contribution in [1.29, 1.82) is 5.26 Å². The van der Waals surface area contributed by atoms with E-state index in [2.05, 4.69) is 5.32 Å². The largest absolute Gasteiger partial charge is 0.373 e. The van der Waals surface area contributed by atoms with Gasteiger partial charge in [0.2, 0.25) is 0 Å². The predicted octanol–water partition coefficient (Wildman–Crippen LogP) is 4.30. The Kier molecular flexibility index (Phi) is 6.40. The molecule has 1 aliphatic rings. The van der Waals surface area contributed by atoms with Crippen LogP contribution >= 0.6 is 23.2 Å². The Morgan fingerprint density at radius 1 is 1.14 bits per heavy atom. The fraction of sp³-hybridized carbons (Fsp3) is 0.200. The van der Waals surface area contributed by atoms with Crippen LogP contribution in [0.4, 0.5) is 15.8 Å². The molecule has 1 saturated heterocycles. The van der Waals surface area contributed by atoms with Crippen LogP contribution in [-0.2, 0) is 4.79 Å². The molecule has 0 atom stereocenters. The molecule has 1 N–H and O–H groups in total. The summed E-state index contributed by atoms with van der Waals surface area (Å²) in [4.78, 5) is 16.2. The van der Waals surface area contributed by atoms with Gasteiger partial charge in [-0.15, -0.1) is 0 Å². The van der Waals surface area contributed by atoms with E-state index in [0.29, 0.717) is 42.6 Å². The number of nitriles is 1. The summed E-state index contributed by atoms with van der Waals surface area (Å²) in [6, 6.07) is 13.2. The number of anilines is 2. The molecule has 0 radical (unpaired) electrons. The van der Waals surface area contributed by atoms with E-state index in [1.807, 2.05) is 15.9 Å². The normalized spacial score (nSPS) is 14.6. The van der Waals surface area contributed by atoms with Crippen molar-refractivity contribution in [3.8, 4) is 6.07 Å². The van der Waals surface area contributed by atoms with Crippen molar-refractivity contribution in [3.63, 3.8) is 0 Å². The SMILES string of the molecule is N#C/C(=C/N1CCN(c2ccccc2F)CC1)C(=O)Nc1ccc(Cl)cc1Cl. The first-order chi connectivity index (χ1) is 13.5. The molecule has 0 aromatic heterocycles. The van der Waals surface area contributed by atoms with E-state index in [0.717, 1.165) is 0 Å². The van der Waals surface area contributed by atoms with Crippen molar-refractivity contribution >= 4 is 40.5 Å². The van der Waals surface area contributed by atoms with Crippen molar-refractivity contribution in [2.75, 3.05) is 36.4 Å². The number of amides is 1. The van der Waals surface area contributed by atoms with Crippen LogP contribution in [-0.4, -0.2) is 37.0 Å². The van der Waals surface area contributed by atoms with Crippen LogP contribution in [0.1, 0.15) is 0 Å². The Hall–Kier alpha value is -2.75. The van der Waals surface area contributed by atoms with Gasteiger partial charge in [0.15, 0.2) is 0 Å². The van der Waals surface area contributed by atoms with E-state index in [1.165, 1.54) is 18.3 Å². The van der Waals surface area contributed by atoms with Gasteiger partial charge in [0.1, 0.15) is 17.5 Å². The molecule has 0 unspecified atom stereocenters. The third-order valence-electron chi connectivity index (χ3n) is 4.36.